The summed E-state index contributed by atoms with van der Waals surface area (Å²) < 4.78 is 16.1. The molecule has 0 bridgehead atoms. The zero-order valence-corrected chi connectivity index (χ0v) is 25.0. The molecule has 9 nitrogen and oxygen atoms in total. The van der Waals surface area contributed by atoms with Gasteiger partial charge in [-0.05, 0) is 78.1 Å². The molecular weight excluding hydrogens is 558 g/mol. The van der Waals surface area contributed by atoms with Gasteiger partial charge in [0.1, 0.15) is 5.75 Å². The van der Waals surface area contributed by atoms with E-state index in [1.54, 1.807) is 62.8 Å². The maximum atomic E-state index is 13.2. The molecule has 0 aliphatic carbocycles. The largest absolute Gasteiger partial charge is 0.493 e. The van der Waals surface area contributed by atoms with Crippen LogP contribution in [0.1, 0.15) is 44.3 Å². The zero-order valence-electron chi connectivity index (χ0n) is 25.0. The van der Waals surface area contributed by atoms with E-state index < -0.39 is 11.9 Å². The highest BCUT2D eigenvalue weighted by Gasteiger charge is 2.20. The van der Waals surface area contributed by atoms with E-state index in [4.69, 9.17) is 14.2 Å². The summed E-state index contributed by atoms with van der Waals surface area (Å²) in [5.41, 5.74) is 5.19. The molecule has 9 heteroatoms. The van der Waals surface area contributed by atoms with Gasteiger partial charge in [-0.3, -0.25) is 19.3 Å². The van der Waals surface area contributed by atoms with Crippen LogP contribution in [0.15, 0.2) is 84.9 Å². The van der Waals surface area contributed by atoms with Crippen LogP contribution in [0.2, 0.25) is 0 Å². The lowest BCUT2D eigenvalue weighted by atomic mass is 9.98. The number of hydrogen-bond acceptors (Lipinski definition) is 7. The van der Waals surface area contributed by atoms with Crippen molar-refractivity contribution in [3.05, 3.63) is 113 Å². The fourth-order valence-corrected chi connectivity index (χ4v) is 5.25. The number of benzene rings is 4. The van der Waals surface area contributed by atoms with Gasteiger partial charge in [-0.1, -0.05) is 36.4 Å². The first-order valence-corrected chi connectivity index (χ1v) is 14.4. The Hall–Kier alpha value is -5.15. The molecule has 44 heavy (non-hydrogen) atoms. The molecule has 0 saturated heterocycles. The molecule has 0 fully saturated rings. The molecule has 0 aromatic heterocycles. The fraction of sp³-hybridized carbons (Fsp3) is 0.229. The van der Waals surface area contributed by atoms with Gasteiger partial charge in [-0.25, -0.2) is 0 Å². The van der Waals surface area contributed by atoms with Gasteiger partial charge in [0, 0.05) is 32.2 Å². The van der Waals surface area contributed by atoms with E-state index in [1.165, 1.54) is 23.6 Å². The monoisotopic (exact) mass is 593 g/mol. The number of fused-ring (bicyclic) bond motifs is 1. The maximum Gasteiger partial charge on any atom is 0.308 e. The quantitative estimate of drug-likeness (QED) is 0.179. The lowest BCUT2D eigenvalue weighted by molar-refractivity contribution is -0.131. The van der Waals surface area contributed by atoms with Crippen molar-refractivity contribution < 1.29 is 28.6 Å². The van der Waals surface area contributed by atoms with Crippen LogP contribution in [0.25, 0.3) is 0 Å². The molecule has 1 aliphatic heterocycles. The summed E-state index contributed by atoms with van der Waals surface area (Å²) in [6, 6.07) is 25.1. The number of nitrogens with zero attached hydrogens (tertiary/aromatic N) is 1. The Kier molecular flexibility index (Phi) is 9.56. The summed E-state index contributed by atoms with van der Waals surface area (Å²) in [6.07, 6.45) is 1.84. The molecule has 2 amide bonds. The molecule has 0 spiro atoms. The summed E-state index contributed by atoms with van der Waals surface area (Å²) in [4.78, 5) is 40.1. The van der Waals surface area contributed by atoms with Crippen molar-refractivity contribution in [2.75, 3.05) is 37.9 Å². The van der Waals surface area contributed by atoms with Crippen LogP contribution in [0, 0.1) is 0 Å². The smallest absolute Gasteiger partial charge is 0.308 e. The Morgan fingerprint density at radius 2 is 1.39 bits per heavy atom. The minimum atomic E-state index is -0.532. The summed E-state index contributed by atoms with van der Waals surface area (Å²) in [7, 11) is 3.31. The summed E-state index contributed by atoms with van der Waals surface area (Å²) in [6.45, 7) is 4.01. The Labute approximate surface area is 256 Å². The van der Waals surface area contributed by atoms with E-state index in [0.29, 0.717) is 16.9 Å². The Bertz CT molecular complexity index is 1670. The first-order valence-electron chi connectivity index (χ1n) is 14.4. The SMILES string of the molecule is COc1cc2c(cc1OC)CN(CCc1ccc(NC(=O)c3ccccc3NC(=O)c3ccccc3OC(C)=O)cc1)CC2. The van der Waals surface area contributed by atoms with Gasteiger partial charge in [0.25, 0.3) is 11.8 Å². The van der Waals surface area contributed by atoms with E-state index >= 15 is 0 Å². The number of ether oxygens (including phenoxy) is 3. The normalized spacial score (nSPS) is 12.5. The predicted molar refractivity (Wildman–Crippen MR) is 169 cm³/mol. The number of carbonyl (C=O) groups is 3. The van der Waals surface area contributed by atoms with Gasteiger partial charge in [-0.2, -0.15) is 0 Å². The van der Waals surface area contributed by atoms with Gasteiger partial charge in [0.05, 0.1) is 31.0 Å². The van der Waals surface area contributed by atoms with Crippen LogP contribution in [-0.4, -0.2) is 50.0 Å². The topological polar surface area (TPSA) is 106 Å². The molecule has 226 valence electrons. The molecule has 4 aromatic carbocycles. The minimum absolute atomic E-state index is 0.144. The minimum Gasteiger partial charge on any atom is -0.493 e. The molecule has 5 rings (SSSR count). The standard InChI is InChI=1S/C35H35N3O6/c1-23(39)44-31-11-7-5-9-29(31)35(41)37-30-10-6-4-8-28(30)34(40)36-27-14-12-24(13-15-27)16-18-38-19-17-25-20-32(42-2)33(43-3)21-26(25)22-38/h4-15,20-21H,16-19,22H2,1-3H3,(H,36,40)(H,37,41). The number of methoxy groups -OCH3 is 2. The Morgan fingerprint density at radius 1 is 0.750 bits per heavy atom. The van der Waals surface area contributed by atoms with Crippen molar-refractivity contribution in [1.82, 2.24) is 4.90 Å². The summed E-state index contributed by atoms with van der Waals surface area (Å²) in [5.74, 6) is 0.271. The lowest BCUT2D eigenvalue weighted by Gasteiger charge is -2.29. The van der Waals surface area contributed by atoms with Crippen molar-refractivity contribution in [1.29, 1.82) is 0 Å². The van der Waals surface area contributed by atoms with Crippen LogP contribution in [0.3, 0.4) is 0 Å². The molecule has 4 aromatic rings. The van der Waals surface area contributed by atoms with Gasteiger partial charge < -0.3 is 24.8 Å². The van der Waals surface area contributed by atoms with E-state index in [0.717, 1.165) is 44.0 Å². The van der Waals surface area contributed by atoms with Crippen molar-refractivity contribution in [2.45, 2.75) is 26.3 Å². The highest BCUT2D eigenvalue weighted by molar-refractivity contribution is 6.13. The van der Waals surface area contributed by atoms with Crippen LogP contribution >= 0.6 is 0 Å². The number of esters is 1. The van der Waals surface area contributed by atoms with Gasteiger partial charge >= 0.3 is 5.97 Å². The van der Waals surface area contributed by atoms with Crippen molar-refractivity contribution in [3.63, 3.8) is 0 Å². The van der Waals surface area contributed by atoms with Gasteiger partial charge in [0.2, 0.25) is 0 Å². The van der Waals surface area contributed by atoms with E-state index in [-0.39, 0.29) is 17.2 Å². The first kappa shape index (κ1) is 30.3. The second kappa shape index (κ2) is 13.9. The Balaban J connectivity index is 1.18. The highest BCUT2D eigenvalue weighted by atomic mass is 16.5. The molecule has 0 saturated carbocycles. The predicted octanol–water partition coefficient (Wildman–Crippen LogP) is 5.73. The number of para-hydroxylation sites is 2. The van der Waals surface area contributed by atoms with Crippen molar-refractivity contribution >= 4 is 29.2 Å². The van der Waals surface area contributed by atoms with E-state index in [1.807, 2.05) is 24.3 Å². The number of anilines is 2. The lowest BCUT2D eigenvalue weighted by Crippen LogP contribution is -2.32. The van der Waals surface area contributed by atoms with Crippen LogP contribution in [0.4, 0.5) is 11.4 Å². The highest BCUT2D eigenvalue weighted by Crippen LogP contribution is 2.33. The van der Waals surface area contributed by atoms with E-state index in [9.17, 15) is 14.4 Å². The van der Waals surface area contributed by atoms with Gasteiger partial charge in [0.15, 0.2) is 11.5 Å². The van der Waals surface area contributed by atoms with Crippen molar-refractivity contribution in [2.24, 2.45) is 0 Å². The maximum absolute atomic E-state index is 13.2. The first-order chi connectivity index (χ1) is 21.3. The third kappa shape index (κ3) is 7.25. The fourth-order valence-electron chi connectivity index (χ4n) is 5.25. The Morgan fingerprint density at radius 3 is 2.09 bits per heavy atom. The second-order valence-corrected chi connectivity index (χ2v) is 10.5. The molecule has 1 aliphatic rings. The second-order valence-electron chi connectivity index (χ2n) is 10.5. The van der Waals surface area contributed by atoms with Gasteiger partial charge in [-0.15, -0.1) is 0 Å². The zero-order chi connectivity index (χ0) is 31.1. The van der Waals surface area contributed by atoms with Crippen LogP contribution in [-0.2, 0) is 24.2 Å². The molecule has 0 radical (unpaired) electrons. The summed E-state index contributed by atoms with van der Waals surface area (Å²) >= 11 is 0. The number of rotatable bonds is 10. The average molecular weight is 594 g/mol. The average Bonchev–Trinajstić information content (AvgIpc) is 3.03. The third-order valence-electron chi connectivity index (χ3n) is 7.53. The molecule has 2 N–H and O–H groups in total. The van der Waals surface area contributed by atoms with E-state index in [2.05, 4.69) is 27.7 Å². The molecule has 1 heterocycles. The number of hydrogen-bond donors (Lipinski definition) is 2. The molecule has 0 unspecified atom stereocenters. The number of nitrogens with one attached hydrogen (secondary N) is 2. The van der Waals surface area contributed by atoms with Crippen molar-refractivity contribution in [3.8, 4) is 17.2 Å². The van der Waals surface area contributed by atoms with Crippen LogP contribution < -0.4 is 24.8 Å². The summed E-state index contributed by atoms with van der Waals surface area (Å²) in [5, 5.41) is 5.69. The molecular formula is C35H35N3O6. The third-order valence-corrected chi connectivity index (χ3v) is 7.53. The number of carbonyl (C=O) groups excluding carboxylic acids is 3. The number of amides is 2. The van der Waals surface area contributed by atoms with Crippen LogP contribution in [0.5, 0.6) is 17.2 Å². The molecule has 0 atom stereocenters.